The van der Waals surface area contributed by atoms with Gasteiger partial charge in [-0.1, -0.05) is 25.1 Å². The Morgan fingerprint density at radius 1 is 1.33 bits per heavy atom. The molecule has 6 heteroatoms. The summed E-state index contributed by atoms with van der Waals surface area (Å²) < 4.78 is 5.03. The predicted octanol–water partition coefficient (Wildman–Crippen LogP) is 2.11. The van der Waals surface area contributed by atoms with E-state index in [1.54, 1.807) is 20.1 Å². The Morgan fingerprint density at radius 2 is 2.05 bits per heavy atom. The van der Waals surface area contributed by atoms with Crippen molar-refractivity contribution in [3.63, 3.8) is 0 Å². The van der Waals surface area contributed by atoms with Gasteiger partial charge in [0, 0.05) is 19.3 Å². The molecular weight excluding hydrogens is 272 g/mol. The lowest BCUT2D eigenvalue weighted by molar-refractivity contribution is -0.141. The maximum atomic E-state index is 11.8. The highest BCUT2D eigenvalue weighted by Gasteiger charge is 2.16. The van der Waals surface area contributed by atoms with Gasteiger partial charge in [0.05, 0.1) is 12.5 Å². The van der Waals surface area contributed by atoms with Gasteiger partial charge in [-0.2, -0.15) is 0 Å². The van der Waals surface area contributed by atoms with Gasteiger partial charge in [0.2, 0.25) is 0 Å². The molecule has 2 amide bonds. The van der Waals surface area contributed by atoms with Crippen LogP contribution in [0.5, 0.6) is 0 Å². The molecule has 0 saturated heterocycles. The van der Waals surface area contributed by atoms with Crippen molar-refractivity contribution < 1.29 is 19.4 Å². The van der Waals surface area contributed by atoms with Gasteiger partial charge >= 0.3 is 12.0 Å². The van der Waals surface area contributed by atoms with Gasteiger partial charge in [-0.15, -0.1) is 0 Å². The monoisotopic (exact) mass is 294 g/mol. The van der Waals surface area contributed by atoms with Crippen LogP contribution in [0, 0.1) is 5.92 Å². The molecule has 0 spiro atoms. The SMILES string of the molecule is CCC(CNC(=O)Nc1ccccc1CCOC)C(=O)O. The van der Waals surface area contributed by atoms with E-state index >= 15 is 0 Å². The molecule has 0 aromatic heterocycles. The summed E-state index contributed by atoms with van der Waals surface area (Å²) in [7, 11) is 1.62. The van der Waals surface area contributed by atoms with E-state index in [1.807, 2.05) is 18.2 Å². The summed E-state index contributed by atoms with van der Waals surface area (Å²) in [6, 6.07) is 7.04. The van der Waals surface area contributed by atoms with Crippen molar-refractivity contribution in [3.05, 3.63) is 29.8 Å². The summed E-state index contributed by atoms with van der Waals surface area (Å²) in [6.45, 7) is 2.45. The van der Waals surface area contributed by atoms with Gasteiger partial charge in [0.1, 0.15) is 0 Å². The minimum absolute atomic E-state index is 0.109. The lowest BCUT2D eigenvalue weighted by Crippen LogP contribution is -2.35. The fourth-order valence-corrected chi connectivity index (χ4v) is 1.86. The zero-order chi connectivity index (χ0) is 15.7. The highest BCUT2D eigenvalue weighted by Crippen LogP contribution is 2.15. The van der Waals surface area contributed by atoms with Crippen LogP contribution in [0.3, 0.4) is 0 Å². The summed E-state index contributed by atoms with van der Waals surface area (Å²) in [4.78, 5) is 22.7. The normalized spacial score (nSPS) is 11.7. The molecule has 0 aliphatic rings. The number of amides is 2. The maximum absolute atomic E-state index is 11.8. The van der Waals surface area contributed by atoms with Crippen LogP contribution in [0.25, 0.3) is 0 Å². The second kappa shape index (κ2) is 8.97. The highest BCUT2D eigenvalue weighted by atomic mass is 16.5. The number of urea groups is 1. The number of benzene rings is 1. The fourth-order valence-electron chi connectivity index (χ4n) is 1.86. The van der Waals surface area contributed by atoms with Gasteiger partial charge in [-0.25, -0.2) is 4.79 Å². The third kappa shape index (κ3) is 5.83. The van der Waals surface area contributed by atoms with Gasteiger partial charge < -0.3 is 20.5 Å². The van der Waals surface area contributed by atoms with Crippen LogP contribution < -0.4 is 10.6 Å². The first-order valence-electron chi connectivity index (χ1n) is 6.93. The van der Waals surface area contributed by atoms with Crippen LogP contribution in [-0.2, 0) is 16.0 Å². The largest absolute Gasteiger partial charge is 0.481 e. The number of aliphatic carboxylic acids is 1. The first kappa shape index (κ1) is 17.0. The zero-order valence-electron chi connectivity index (χ0n) is 12.4. The molecule has 0 radical (unpaired) electrons. The molecule has 21 heavy (non-hydrogen) atoms. The number of rotatable bonds is 8. The van der Waals surface area contributed by atoms with Gasteiger partial charge in [-0.05, 0) is 24.5 Å². The molecule has 0 bridgehead atoms. The zero-order valence-corrected chi connectivity index (χ0v) is 12.4. The van der Waals surface area contributed by atoms with Gasteiger partial charge in [-0.3, -0.25) is 4.79 Å². The Balaban J connectivity index is 2.56. The maximum Gasteiger partial charge on any atom is 0.319 e. The number of carbonyl (C=O) groups is 2. The summed E-state index contributed by atoms with van der Waals surface area (Å²) in [5.41, 5.74) is 1.68. The number of ether oxygens (including phenoxy) is 1. The lowest BCUT2D eigenvalue weighted by Gasteiger charge is -2.14. The van der Waals surface area contributed by atoms with Crippen LogP contribution in [-0.4, -0.2) is 37.4 Å². The third-order valence-corrected chi connectivity index (χ3v) is 3.19. The van der Waals surface area contributed by atoms with Crippen molar-refractivity contribution in [1.29, 1.82) is 0 Å². The average molecular weight is 294 g/mol. The second-order valence-electron chi connectivity index (χ2n) is 4.68. The second-order valence-corrected chi connectivity index (χ2v) is 4.68. The molecule has 1 unspecified atom stereocenters. The Hall–Kier alpha value is -2.08. The number of nitrogens with one attached hydrogen (secondary N) is 2. The molecule has 1 atom stereocenters. The number of carboxylic acids is 1. The Kier molecular flexibility index (Phi) is 7.25. The number of carbonyl (C=O) groups excluding carboxylic acids is 1. The van der Waals surface area contributed by atoms with E-state index in [2.05, 4.69) is 10.6 Å². The standard InChI is InChI=1S/C15H22N2O4/c1-3-11(14(18)19)10-16-15(20)17-13-7-5-4-6-12(13)8-9-21-2/h4-7,11H,3,8-10H2,1-2H3,(H,18,19)(H2,16,17,20). The summed E-state index contributed by atoms with van der Waals surface area (Å²) in [6.07, 6.45) is 1.17. The minimum atomic E-state index is -0.904. The molecule has 0 aliphatic carbocycles. The summed E-state index contributed by atoms with van der Waals surface area (Å²) >= 11 is 0. The number of para-hydroxylation sites is 1. The molecular formula is C15H22N2O4. The minimum Gasteiger partial charge on any atom is -0.481 e. The molecule has 1 rings (SSSR count). The van der Waals surface area contributed by atoms with E-state index in [0.717, 1.165) is 5.56 Å². The van der Waals surface area contributed by atoms with E-state index in [-0.39, 0.29) is 6.54 Å². The van der Waals surface area contributed by atoms with Crippen molar-refractivity contribution in [2.45, 2.75) is 19.8 Å². The first-order chi connectivity index (χ1) is 10.1. The van der Waals surface area contributed by atoms with Crippen LogP contribution in [0.4, 0.5) is 10.5 Å². The summed E-state index contributed by atoms with van der Waals surface area (Å²) in [5, 5.41) is 14.3. The Bertz CT molecular complexity index is 476. The first-order valence-corrected chi connectivity index (χ1v) is 6.93. The smallest absolute Gasteiger partial charge is 0.319 e. The van der Waals surface area contributed by atoms with Crippen molar-refractivity contribution in [1.82, 2.24) is 5.32 Å². The van der Waals surface area contributed by atoms with Gasteiger partial charge in [0.25, 0.3) is 0 Å². The Labute approximate surface area is 124 Å². The van der Waals surface area contributed by atoms with Crippen LogP contribution >= 0.6 is 0 Å². The van der Waals surface area contributed by atoms with Gasteiger partial charge in [0.15, 0.2) is 0 Å². The molecule has 0 aliphatic heterocycles. The topological polar surface area (TPSA) is 87.7 Å². The number of methoxy groups -OCH3 is 1. The molecule has 0 saturated carbocycles. The molecule has 1 aromatic carbocycles. The van der Waals surface area contributed by atoms with E-state index in [9.17, 15) is 9.59 Å². The van der Waals surface area contributed by atoms with E-state index in [0.29, 0.717) is 25.1 Å². The number of carboxylic acid groups (broad SMARTS) is 1. The molecule has 3 N–H and O–H groups in total. The summed E-state index contributed by atoms with van der Waals surface area (Å²) in [5.74, 6) is -1.47. The van der Waals surface area contributed by atoms with Crippen LogP contribution in [0.2, 0.25) is 0 Å². The third-order valence-electron chi connectivity index (χ3n) is 3.19. The molecule has 0 fully saturated rings. The average Bonchev–Trinajstić information content (AvgIpc) is 2.46. The van der Waals surface area contributed by atoms with E-state index in [4.69, 9.17) is 9.84 Å². The van der Waals surface area contributed by atoms with Crippen molar-refractivity contribution in [2.24, 2.45) is 5.92 Å². The lowest BCUT2D eigenvalue weighted by atomic mass is 10.1. The highest BCUT2D eigenvalue weighted by molar-refractivity contribution is 5.90. The van der Waals surface area contributed by atoms with E-state index in [1.165, 1.54) is 0 Å². The number of hydrogen-bond donors (Lipinski definition) is 3. The quantitative estimate of drug-likeness (QED) is 0.685. The van der Waals surface area contributed by atoms with Crippen molar-refractivity contribution in [2.75, 3.05) is 25.6 Å². The van der Waals surface area contributed by atoms with Crippen molar-refractivity contribution in [3.8, 4) is 0 Å². The Morgan fingerprint density at radius 3 is 2.67 bits per heavy atom. The number of hydrogen-bond acceptors (Lipinski definition) is 3. The molecule has 116 valence electrons. The van der Waals surface area contributed by atoms with Crippen LogP contribution in [0.1, 0.15) is 18.9 Å². The van der Waals surface area contributed by atoms with Crippen LogP contribution in [0.15, 0.2) is 24.3 Å². The molecule has 1 aromatic rings. The fraction of sp³-hybridized carbons (Fsp3) is 0.467. The van der Waals surface area contributed by atoms with Crippen molar-refractivity contribution >= 4 is 17.7 Å². The molecule has 0 heterocycles. The predicted molar refractivity (Wildman–Crippen MR) is 80.5 cm³/mol. The van der Waals surface area contributed by atoms with E-state index < -0.39 is 17.9 Å². The number of anilines is 1. The molecule has 6 nitrogen and oxygen atoms in total.